The molecular formula is C18H18O6. The van der Waals surface area contributed by atoms with Crippen LogP contribution in [0.25, 0.3) is 0 Å². The first-order chi connectivity index (χ1) is 11.6. The molecule has 0 spiro atoms. The topological polar surface area (TPSA) is 71.1 Å². The molecule has 0 saturated heterocycles. The third-order valence-corrected chi connectivity index (χ3v) is 3.14. The lowest BCUT2D eigenvalue weighted by Crippen LogP contribution is -2.10. The quantitative estimate of drug-likeness (QED) is 0.599. The molecule has 0 aliphatic heterocycles. The summed E-state index contributed by atoms with van der Waals surface area (Å²) in [5.41, 5.74) is 0.582. The summed E-state index contributed by atoms with van der Waals surface area (Å²) in [5, 5.41) is 0. The first-order valence-corrected chi connectivity index (χ1v) is 7.29. The molecule has 2 rings (SSSR count). The Labute approximate surface area is 139 Å². The van der Waals surface area contributed by atoms with Gasteiger partial charge in [0.25, 0.3) is 0 Å². The number of esters is 2. The smallest absolute Gasteiger partial charge is 0.343 e. The Hall–Kier alpha value is -3.02. The van der Waals surface area contributed by atoms with E-state index in [4.69, 9.17) is 18.9 Å². The first-order valence-electron chi connectivity index (χ1n) is 7.29. The zero-order valence-corrected chi connectivity index (χ0v) is 13.7. The number of rotatable bonds is 6. The maximum absolute atomic E-state index is 12.3. The molecule has 0 N–H and O–H groups in total. The van der Waals surface area contributed by atoms with Gasteiger partial charge in [0.15, 0.2) is 0 Å². The van der Waals surface area contributed by atoms with E-state index in [2.05, 4.69) is 0 Å². The summed E-state index contributed by atoms with van der Waals surface area (Å²) >= 11 is 0. The molecule has 126 valence electrons. The van der Waals surface area contributed by atoms with Crippen molar-refractivity contribution >= 4 is 11.9 Å². The normalized spacial score (nSPS) is 9.96. The predicted octanol–water partition coefficient (Wildman–Crippen LogP) is 3.10. The molecule has 0 saturated carbocycles. The molecule has 0 unspecified atom stereocenters. The number of methoxy groups -OCH3 is 2. The lowest BCUT2D eigenvalue weighted by atomic mass is 10.2. The van der Waals surface area contributed by atoms with Crippen LogP contribution in [0.1, 0.15) is 27.6 Å². The van der Waals surface area contributed by atoms with Gasteiger partial charge in [0.2, 0.25) is 0 Å². The minimum atomic E-state index is -0.590. The summed E-state index contributed by atoms with van der Waals surface area (Å²) in [5.74, 6) is 0.127. The van der Waals surface area contributed by atoms with Crippen LogP contribution in [0.5, 0.6) is 17.2 Å². The molecule has 0 aliphatic rings. The molecule has 2 aromatic carbocycles. The average molecular weight is 330 g/mol. The monoisotopic (exact) mass is 330 g/mol. The molecule has 24 heavy (non-hydrogen) atoms. The van der Waals surface area contributed by atoms with Crippen molar-refractivity contribution in [3.05, 3.63) is 53.6 Å². The van der Waals surface area contributed by atoms with Crippen molar-refractivity contribution in [3.8, 4) is 17.2 Å². The van der Waals surface area contributed by atoms with Gasteiger partial charge in [-0.05, 0) is 37.3 Å². The van der Waals surface area contributed by atoms with Crippen LogP contribution < -0.4 is 14.2 Å². The summed E-state index contributed by atoms with van der Waals surface area (Å²) in [6.07, 6.45) is 0. The van der Waals surface area contributed by atoms with Gasteiger partial charge in [0, 0.05) is 6.07 Å². The Balaban J connectivity index is 2.20. The van der Waals surface area contributed by atoms with E-state index in [1.54, 1.807) is 43.3 Å². The van der Waals surface area contributed by atoms with Crippen molar-refractivity contribution in [2.24, 2.45) is 0 Å². The minimum absolute atomic E-state index is 0.243. The van der Waals surface area contributed by atoms with Gasteiger partial charge in [-0.1, -0.05) is 6.07 Å². The number of carbonyl (C=O) groups excluding carboxylic acids is 2. The van der Waals surface area contributed by atoms with Crippen molar-refractivity contribution in [1.82, 2.24) is 0 Å². The highest BCUT2D eigenvalue weighted by Gasteiger charge is 2.14. The Bertz CT molecular complexity index is 716. The molecule has 6 heteroatoms. The van der Waals surface area contributed by atoms with E-state index in [9.17, 15) is 9.59 Å². The van der Waals surface area contributed by atoms with E-state index >= 15 is 0 Å². The molecule has 0 bridgehead atoms. The highest BCUT2D eigenvalue weighted by atomic mass is 16.5. The summed E-state index contributed by atoms with van der Waals surface area (Å²) in [6.45, 7) is 1.99. The SMILES string of the molecule is CCOC(=O)c1cccc(OC(=O)c2cc(OC)cc(OC)c2)c1. The van der Waals surface area contributed by atoms with Crippen molar-refractivity contribution in [2.45, 2.75) is 6.92 Å². The van der Waals surface area contributed by atoms with Gasteiger partial charge < -0.3 is 18.9 Å². The fourth-order valence-corrected chi connectivity index (χ4v) is 1.99. The first kappa shape index (κ1) is 17.3. The van der Waals surface area contributed by atoms with E-state index in [-0.39, 0.29) is 17.9 Å². The third kappa shape index (κ3) is 4.25. The van der Waals surface area contributed by atoms with E-state index in [0.717, 1.165) is 0 Å². The Kier molecular flexibility index (Phi) is 5.78. The van der Waals surface area contributed by atoms with Crippen molar-refractivity contribution < 1.29 is 28.5 Å². The van der Waals surface area contributed by atoms with E-state index in [1.165, 1.54) is 20.3 Å². The second-order valence-electron chi connectivity index (χ2n) is 4.74. The maximum atomic E-state index is 12.3. The van der Waals surface area contributed by atoms with Gasteiger partial charge in [-0.15, -0.1) is 0 Å². The molecule has 0 heterocycles. The zero-order chi connectivity index (χ0) is 17.5. The lowest BCUT2D eigenvalue weighted by Gasteiger charge is -2.09. The maximum Gasteiger partial charge on any atom is 0.343 e. The van der Waals surface area contributed by atoms with Crippen LogP contribution in [-0.4, -0.2) is 32.8 Å². The van der Waals surface area contributed by atoms with Gasteiger partial charge in [-0.3, -0.25) is 0 Å². The molecule has 6 nitrogen and oxygen atoms in total. The average Bonchev–Trinajstić information content (AvgIpc) is 2.61. The second-order valence-corrected chi connectivity index (χ2v) is 4.74. The van der Waals surface area contributed by atoms with Gasteiger partial charge in [0.1, 0.15) is 17.2 Å². The van der Waals surface area contributed by atoms with Crippen molar-refractivity contribution in [2.75, 3.05) is 20.8 Å². The van der Waals surface area contributed by atoms with Gasteiger partial charge in [0.05, 0.1) is 32.0 Å². The minimum Gasteiger partial charge on any atom is -0.497 e. The van der Waals surface area contributed by atoms with Crippen LogP contribution in [-0.2, 0) is 4.74 Å². The van der Waals surface area contributed by atoms with Gasteiger partial charge >= 0.3 is 11.9 Å². The molecule has 0 amide bonds. The van der Waals surface area contributed by atoms with E-state index < -0.39 is 11.9 Å². The standard InChI is InChI=1S/C18H18O6/c1-4-23-17(19)12-6-5-7-14(8-12)24-18(20)13-9-15(21-2)11-16(10-13)22-3/h5-11H,4H2,1-3H3. The Morgan fingerprint density at radius 2 is 1.46 bits per heavy atom. The van der Waals surface area contributed by atoms with Crippen LogP contribution >= 0.6 is 0 Å². The third-order valence-electron chi connectivity index (χ3n) is 3.14. The molecule has 0 aromatic heterocycles. The summed E-state index contributed by atoms with van der Waals surface area (Å²) in [4.78, 5) is 24.0. The summed E-state index contributed by atoms with van der Waals surface area (Å²) in [7, 11) is 2.99. The summed E-state index contributed by atoms with van der Waals surface area (Å²) in [6, 6.07) is 11.0. The second kappa shape index (κ2) is 8.01. The highest BCUT2D eigenvalue weighted by molar-refractivity contribution is 5.93. The van der Waals surface area contributed by atoms with Gasteiger partial charge in [-0.2, -0.15) is 0 Å². The number of benzene rings is 2. The van der Waals surface area contributed by atoms with E-state index in [1.807, 2.05) is 0 Å². The molecule has 0 atom stereocenters. The van der Waals surface area contributed by atoms with Crippen LogP contribution in [0, 0.1) is 0 Å². The predicted molar refractivity (Wildman–Crippen MR) is 86.9 cm³/mol. The molecule has 0 fully saturated rings. The van der Waals surface area contributed by atoms with Crippen LogP contribution in [0.2, 0.25) is 0 Å². The largest absolute Gasteiger partial charge is 0.497 e. The van der Waals surface area contributed by atoms with Crippen molar-refractivity contribution in [3.63, 3.8) is 0 Å². The van der Waals surface area contributed by atoms with Gasteiger partial charge in [-0.25, -0.2) is 9.59 Å². The number of ether oxygens (including phenoxy) is 4. The highest BCUT2D eigenvalue weighted by Crippen LogP contribution is 2.24. The van der Waals surface area contributed by atoms with Crippen molar-refractivity contribution in [1.29, 1.82) is 0 Å². The Morgan fingerprint density at radius 3 is 2.04 bits per heavy atom. The molecular weight excluding hydrogens is 312 g/mol. The zero-order valence-electron chi connectivity index (χ0n) is 13.7. The molecule has 0 aliphatic carbocycles. The molecule has 0 radical (unpaired) electrons. The fraction of sp³-hybridized carbons (Fsp3) is 0.222. The Morgan fingerprint density at radius 1 is 0.833 bits per heavy atom. The van der Waals surface area contributed by atoms with Crippen LogP contribution in [0.3, 0.4) is 0 Å². The molecule has 2 aromatic rings. The summed E-state index contributed by atoms with van der Waals surface area (Å²) < 4.78 is 20.5. The van der Waals surface area contributed by atoms with Crippen LogP contribution in [0.15, 0.2) is 42.5 Å². The van der Waals surface area contributed by atoms with Crippen LogP contribution in [0.4, 0.5) is 0 Å². The fourth-order valence-electron chi connectivity index (χ4n) is 1.99. The number of carbonyl (C=O) groups is 2. The number of hydrogen-bond acceptors (Lipinski definition) is 6. The lowest BCUT2D eigenvalue weighted by molar-refractivity contribution is 0.0524. The van der Waals surface area contributed by atoms with E-state index in [0.29, 0.717) is 17.1 Å². The number of hydrogen-bond donors (Lipinski definition) is 0.